The summed E-state index contributed by atoms with van der Waals surface area (Å²) in [6.45, 7) is 1.46. The van der Waals surface area contributed by atoms with Gasteiger partial charge in [-0.05, 0) is 37.3 Å². The Labute approximate surface area is 130 Å². The van der Waals surface area contributed by atoms with E-state index in [1.165, 1.54) is 6.92 Å². The third-order valence-corrected chi connectivity index (χ3v) is 3.55. The predicted octanol–water partition coefficient (Wildman–Crippen LogP) is 4.56. The maximum absolute atomic E-state index is 12.2. The number of ketones is 1. The van der Waals surface area contributed by atoms with Gasteiger partial charge in [0.15, 0.2) is 5.78 Å². The molecule has 0 saturated carbocycles. The van der Waals surface area contributed by atoms with Crippen LogP contribution in [0.5, 0.6) is 0 Å². The Hall–Kier alpha value is -1.65. The van der Waals surface area contributed by atoms with Gasteiger partial charge in [0.05, 0.1) is 16.3 Å². The number of para-hydroxylation sites is 1. The second-order valence-corrected chi connectivity index (χ2v) is 5.50. The summed E-state index contributed by atoms with van der Waals surface area (Å²) in [4.78, 5) is 23.8. The lowest BCUT2D eigenvalue weighted by molar-refractivity contribution is 0.101. The van der Waals surface area contributed by atoms with E-state index in [-0.39, 0.29) is 11.7 Å². The smallest absolute Gasteiger partial charge is 0.257 e. The van der Waals surface area contributed by atoms with Crippen molar-refractivity contribution < 1.29 is 9.59 Å². The first-order valence-corrected chi connectivity index (χ1v) is 7.02. The van der Waals surface area contributed by atoms with Gasteiger partial charge in [0, 0.05) is 10.0 Å². The Morgan fingerprint density at radius 3 is 2.50 bits per heavy atom. The van der Waals surface area contributed by atoms with Crippen LogP contribution in [0.2, 0.25) is 5.02 Å². The Morgan fingerprint density at radius 2 is 1.80 bits per heavy atom. The number of carbonyl (C=O) groups excluding carboxylic acids is 2. The zero-order valence-electron chi connectivity index (χ0n) is 10.6. The van der Waals surface area contributed by atoms with Crippen LogP contribution in [-0.4, -0.2) is 11.7 Å². The van der Waals surface area contributed by atoms with Gasteiger partial charge in [-0.3, -0.25) is 9.59 Å². The Kier molecular flexibility index (Phi) is 4.57. The SMILES string of the molecule is CC(=O)c1ccccc1NC(=O)c1cc(Br)ccc1Cl. The van der Waals surface area contributed by atoms with Gasteiger partial charge in [0.1, 0.15) is 0 Å². The number of nitrogens with one attached hydrogen (secondary N) is 1. The van der Waals surface area contributed by atoms with Crippen molar-refractivity contribution in [2.24, 2.45) is 0 Å². The average molecular weight is 353 g/mol. The van der Waals surface area contributed by atoms with E-state index in [4.69, 9.17) is 11.6 Å². The summed E-state index contributed by atoms with van der Waals surface area (Å²) >= 11 is 9.31. The van der Waals surface area contributed by atoms with E-state index in [0.717, 1.165) is 4.47 Å². The lowest BCUT2D eigenvalue weighted by Crippen LogP contribution is -2.14. The molecule has 2 aromatic rings. The molecule has 0 aliphatic carbocycles. The molecule has 1 amide bonds. The highest BCUT2D eigenvalue weighted by atomic mass is 79.9. The summed E-state index contributed by atoms with van der Waals surface area (Å²) in [5, 5.41) is 3.06. The lowest BCUT2D eigenvalue weighted by atomic mass is 10.1. The van der Waals surface area contributed by atoms with Crippen molar-refractivity contribution >= 4 is 44.9 Å². The first-order valence-electron chi connectivity index (χ1n) is 5.85. The maximum atomic E-state index is 12.2. The van der Waals surface area contributed by atoms with Crippen LogP contribution in [0, 0.1) is 0 Å². The molecule has 0 aromatic heterocycles. The second-order valence-electron chi connectivity index (χ2n) is 4.18. The molecular weight excluding hydrogens is 342 g/mol. The molecule has 0 heterocycles. The molecule has 0 radical (unpaired) electrons. The van der Waals surface area contributed by atoms with Crippen LogP contribution >= 0.6 is 27.5 Å². The van der Waals surface area contributed by atoms with Gasteiger partial charge in [-0.25, -0.2) is 0 Å². The van der Waals surface area contributed by atoms with Crippen LogP contribution in [0.4, 0.5) is 5.69 Å². The van der Waals surface area contributed by atoms with E-state index >= 15 is 0 Å². The summed E-state index contributed by atoms with van der Waals surface area (Å²) in [5.74, 6) is -0.466. The average Bonchev–Trinajstić information content (AvgIpc) is 2.41. The summed E-state index contributed by atoms with van der Waals surface area (Å²) in [6.07, 6.45) is 0. The topological polar surface area (TPSA) is 46.2 Å². The second kappa shape index (κ2) is 6.20. The molecule has 0 spiro atoms. The monoisotopic (exact) mass is 351 g/mol. The van der Waals surface area contributed by atoms with Gasteiger partial charge in [-0.15, -0.1) is 0 Å². The van der Waals surface area contributed by atoms with Gasteiger partial charge in [0.2, 0.25) is 0 Å². The van der Waals surface area contributed by atoms with Crippen molar-refractivity contribution in [3.05, 3.63) is 63.1 Å². The maximum Gasteiger partial charge on any atom is 0.257 e. The van der Waals surface area contributed by atoms with Gasteiger partial charge >= 0.3 is 0 Å². The predicted molar refractivity (Wildman–Crippen MR) is 83.6 cm³/mol. The van der Waals surface area contributed by atoms with Crippen molar-refractivity contribution in [3.8, 4) is 0 Å². The summed E-state index contributed by atoms with van der Waals surface area (Å²) in [5.41, 5.74) is 1.28. The summed E-state index contributed by atoms with van der Waals surface area (Å²) in [6, 6.07) is 11.9. The number of rotatable bonds is 3. The minimum absolute atomic E-state index is 0.110. The highest BCUT2D eigenvalue weighted by Gasteiger charge is 2.14. The Bertz CT molecular complexity index is 685. The van der Waals surface area contributed by atoms with Gasteiger partial charge in [0.25, 0.3) is 5.91 Å². The van der Waals surface area contributed by atoms with E-state index in [0.29, 0.717) is 21.8 Å². The molecular formula is C15H11BrClNO2. The van der Waals surface area contributed by atoms with Crippen molar-refractivity contribution in [3.63, 3.8) is 0 Å². The van der Waals surface area contributed by atoms with Crippen molar-refractivity contribution in [2.45, 2.75) is 6.92 Å². The molecule has 0 aliphatic rings. The minimum Gasteiger partial charge on any atom is -0.321 e. The third-order valence-electron chi connectivity index (χ3n) is 2.73. The van der Waals surface area contributed by atoms with Gasteiger partial charge < -0.3 is 5.32 Å². The minimum atomic E-state index is -0.356. The molecule has 0 aliphatic heterocycles. The third kappa shape index (κ3) is 3.26. The molecule has 0 fully saturated rings. The fourth-order valence-corrected chi connectivity index (χ4v) is 2.32. The largest absolute Gasteiger partial charge is 0.321 e. The number of amides is 1. The number of benzene rings is 2. The molecule has 102 valence electrons. The number of halogens is 2. The fraction of sp³-hybridized carbons (Fsp3) is 0.0667. The number of Topliss-reactive ketones (excluding diaryl/α,β-unsaturated/α-hetero) is 1. The van der Waals surface area contributed by atoms with Crippen molar-refractivity contribution in [2.75, 3.05) is 5.32 Å². The number of hydrogen-bond acceptors (Lipinski definition) is 2. The first kappa shape index (κ1) is 14.8. The van der Waals surface area contributed by atoms with Gasteiger partial charge in [-0.2, -0.15) is 0 Å². The van der Waals surface area contributed by atoms with Crippen LogP contribution in [0.3, 0.4) is 0 Å². The molecule has 1 N–H and O–H groups in total. The van der Waals surface area contributed by atoms with E-state index in [9.17, 15) is 9.59 Å². The summed E-state index contributed by atoms with van der Waals surface area (Å²) < 4.78 is 0.756. The van der Waals surface area contributed by atoms with Crippen LogP contribution in [0.25, 0.3) is 0 Å². The Balaban J connectivity index is 2.33. The zero-order valence-corrected chi connectivity index (χ0v) is 13.0. The highest BCUT2D eigenvalue weighted by Crippen LogP contribution is 2.23. The molecule has 5 heteroatoms. The molecule has 2 aromatic carbocycles. The molecule has 2 rings (SSSR count). The molecule has 0 atom stereocenters. The van der Waals surface area contributed by atoms with Crippen molar-refractivity contribution in [1.82, 2.24) is 0 Å². The number of carbonyl (C=O) groups is 2. The number of hydrogen-bond donors (Lipinski definition) is 1. The van der Waals surface area contributed by atoms with Crippen LogP contribution in [0.15, 0.2) is 46.9 Å². The first-order chi connectivity index (χ1) is 9.49. The van der Waals surface area contributed by atoms with E-state index in [1.807, 2.05) is 0 Å². The fourth-order valence-electron chi connectivity index (χ4n) is 1.76. The van der Waals surface area contributed by atoms with Crippen LogP contribution < -0.4 is 5.32 Å². The molecule has 20 heavy (non-hydrogen) atoms. The molecule has 0 bridgehead atoms. The number of anilines is 1. The van der Waals surface area contributed by atoms with Crippen molar-refractivity contribution in [1.29, 1.82) is 0 Å². The lowest BCUT2D eigenvalue weighted by Gasteiger charge is -2.10. The van der Waals surface area contributed by atoms with Gasteiger partial charge in [-0.1, -0.05) is 39.7 Å². The quantitative estimate of drug-likeness (QED) is 0.823. The molecule has 0 unspecified atom stereocenters. The van der Waals surface area contributed by atoms with E-state index < -0.39 is 0 Å². The molecule has 0 saturated heterocycles. The zero-order chi connectivity index (χ0) is 14.7. The normalized spacial score (nSPS) is 10.2. The van der Waals surface area contributed by atoms with Crippen LogP contribution in [0.1, 0.15) is 27.6 Å². The highest BCUT2D eigenvalue weighted by molar-refractivity contribution is 9.10. The van der Waals surface area contributed by atoms with E-state index in [2.05, 4.69) is 21.2 Å². The summed E-state index contributed by atoms with van der Waals surface area (Å²) in [7, 11) is 0. The molecule has 3 nitrogen and oxygen atoms in total. The standard InChI is InChI=1S/C15H11BrClNO2/c1-9(19)11-4-2-3-5-14(11)18-15(20)12-8-10(16)6-7-13(12)17/h2-8H,1H3,(H,18,20). The van der Waals surface area contributed by atoms with E-state index in [1.54, 1.807) is 42.5 Å². The Morgan fingerprint density at radius 1 is 1.10 bits per heavy atom. The van der Waals surface area contributed by atoms with Crippen LogP contribution in [-0.2, 0) is 0 Å².